The fourth-order valence-electron chi connectivity index (χ4n) is 4.59. The Morgan fingerprint density at radius 1 is 1.35 bits per heavy atom. The molecule has 3 atom stereocenters. The van der Waals surface area contributed by atoms with Crippen molar-refractivity contribution in [2.75, 3.05) is 6.54 Å². The van der Waals surface area contributed by atoms with E-state index in [1.54, 1.807) is 0 Å². The standard InChI is InChI=1S/C17H32N2O/c1-4-8-14-11-17(12-18)10-7-5-6-9-15(17)19(13(2)3)16(14)20/h13-15H,4-12,18H2,1-3H3. The topological polar surface area (TPSA) is 46.3 Å². The van der Waals surface area contributed by atoms with Gasteiger partial charge in [-0.05, 0) is 46.1 Å². The number of nitrogens with two attached hydrogens (primary N) is 1. The van der Waals surface area contributed by atoms with Gasteiger partial charge in [0.05, 0.1) is 0 Å². The molecule has 1 saturated heterocycles. The van der Waals surface area contributed by atoms with Crippen molar-refractivity contribution in [1.29, 1.82) is 0 Å². The molecule has 116 valence electrons. The Hall–Kier alpha value is -0.570. The van der Waals surface area contributed by atoms with Crippen molar-refractivity contribution >= 4 is 5.91 Å². The number of carbonyl (C=O) groups is 1. The number of hydrogen-bond acceptors (Lipinski definition) is 2. The molecule has 1 heterocycles. The fourth-order valence-corrected chi connectivity index (χ4v) is 4.59. The molecule has 20 heavy (non-hydrogen) atoms. The van der Waals surface area contributed by atoms with Crippen LogP contribution in [0.2, 0.25) is 0 Å². The van der Waals surface area contributed by atoms with E-state index >= 15 is 0 Å². The number of amides is 1. The monoisotopic (exact) mass is 280 g/mol. The van der Waals surface area contributed by atoms with Crippen molar-refractivity contribution in [3.63, 3.8) is 0 Å². The van der Waals surface area contributed by atoms with E-state index < -0.39 is 0 Å². The van der Waals surface area contributed by atoms with E-state index in [0.29, 0.717) is 18.0 Å². The summed E-state index contributed by atoms with van der Waals surface area (Å²) < 4.78 is 0. The van der Waals surface area contributed by atoms with Gasteiger partial charge in [0.15, 0.2) is 0 Å². The number of rotatable bonds is 4. The van der Waals surface area contributed by atoms with Crippen LogP contribution in [0.4, 0.5) is 0 Å². The van der Waals surface area contributed by atoms with Gasteiger partial charge in [0, 0.05) is 23.4 Å². The zero-order valence-electron chi connectivity index (χ0n) is 13.5. The molecule has 0 spiro atoms. The van der Waals surface area contributed by atoms with Gasteiger partial charge in [-0.15, -0.1) is 0 Å². The van der Waals surface area contributed by atoms with E-state index in [1.807, 2.05) is 0 Å². The van der Waals surface area contributed by atoms with E-state index in [4.69, 9.17) is 5.73 Å². The van der Waals surface area contributed by atoms with Gasteiger partial charge in [0.1, 0.15) is 0 Å². The SMILES string of the molecule is CCCC1CC2(CN)CCCCCC2N(C(C)C)C1=O. The largest absolute Gasteiger partial charge is 0.336 e. The second-order valence-electron chi connectivity index (χ2n) is 7.21. The minimum Gasteiger partial charge on any atom is -0.336 e. The molecule has 1 saturated carbocycles. The van der Waals surface area contributed by atoms with Crippen LogP contribution in [0.5, 0.6) is 0 Å². The molecular formula is C17H32N2O. The Kier molecular flexibility index (Phi) is 5.11. The molecule has 2 fully saturated rings. The number of likely N-dealkylation sites (tertiary alicyclic amines) is 1. The highest BCUT2D eigenvalue weighted by Gasteiger charge is 2.50. The van der Waals surface area contributed by atoms with Gasteiger partial charge >= 0.3 is 0 Å². The molecule has 0 aromatic rings. The summed E-state index contributed by atoms with van der Waals surface area (Å²) in [4.78, 5) is 15.1. The summed E-state index contributed by atoms with van der Waals surface area (Å²) >= 11 is 0. The van der Waals surface area contributed by atoms with Crippen molar-refractivity contribution in [3.05, 3.63) is 0 Å². The fraction of sp³-hybridized carbons (Fsp3) is 0.941. The second kappa shape index (κ2) is 6.46. The minimum atomic E-state index is 0.189. The van der Waals surface area contributed by atoms with Crippen LogP contribution < -0.4 is 5.73 Å². The summed E-state index contributed by atoms with van der Waals surface area (Å²) in [5, 5.41) is 0. The molecule has 1 aliphatic carbocycles. The van der Waals surface area contributed by atoms with Gasteiger partial charge in [-0.1, -0.05) is 32.6 Å². The van der Waals surface area contributed by atoms with E-state index in [1.165, 1.54) is 25.7 Å². The number of piperidine rings is 1. The number of fused-ring (bicyclic) bond motifs is 1. The molecule has 0 bridgehead atoms. The summed E-state index contributed by atoms with van der Waals surface area (Å²) in [7, 11) is 0. The van der Waals surface area contributed by atoms with Gasteiger partial charge in [-0.3, -0.25) is 4.79 Å². The van der Waals surface area contributed by atoms with Crippen LogP contribution in [0.3, 0.4) is 0 Å². The zero-order valence-corrected chi connectivity index (χ0v) is 13.5. The molecule has 0 radical (unpaired) electrons. The van der Waals surface area contributed by atoms with Crippen LogP contribution >= 0.6 is 0 Å². The first kappa shape index (κ1) is 15.8. The van der Waals surface area contributed by atoms with Gasteiger partial charge in [-0.2, -0.15) is 0 Å². The summed E-state index contributed by atoms with van der Waals surface area (Å²) in [5.74, 6) is 0.609. The van der Waals surface area contributed by atoms with Crippen molar-refractivity contribution in [2.24, 2.45) is 17.1 Å². The lowest BCUT2D eigenvalue weighted by Crippen LogP contribution is -2.62. The predicted molar refractivity (Wildman–Crippen MR) is 83.4 cm³/mol. The molecule has 2 rings (SSSR count). The average Bonchev–Trinajstić information content (AvgIpc) is 2.62. The summed E-state index contributed by atoms with van der Waals surface area (Å²) in [5.41, 5.74) is 6.44. The molecule has 1 amide bonds. The first-order valence-corrected chi connectivity index (χ1v) is 8.58. The quantitative estimate of drug-likeness (QED) is 0.858. The molecule has 0 aromatic heterocycles. The van der Waals surface area contributed by atoms with Crippen molar-refractivity contribution in [1.82, 2.24) is 4.90 Å². The van der Waals surface area contributed by atoms with Crippen LogP contribution in [0.25, 0.3) is 0 Å². The molecule has 3 unspecified atom stereocenters. The molecule has 2 N–H and O–H groups in total. The van der Waals surface area contributed by atoms with E-state index in [9.17, 15) is 4.79 Å². The molecule has 0 aromatic carbocycles. The Morgan fingerprint density at radius 3 is 2.70 bits per heavy atom. The maximum absolute atomic E-state index is 12.9. The molecule has 2 aliphatic rings. The van der Waals surface area contributed by atoms with E-state index in [-0.39, 0.29) is 11.3 Å². The third kappa shape index (κ3) is 2.74. The van der Waals surface area contributed by atoms with Crippen molar-refractivity contribution in [2.45, 2.75) is 84.2 Å². The highest BCUT2D eigenvalue weighted by atomic mass is 16.2. The first-order valence-electron chi connectivity index (χ1n) is 8.58. The normalized spacial score (nSPS) is 35.0. The summed E-state index contributed by atoms with van der Waals surface area (Å²) in [6.45, 7) is 7.26. The van der Waals surface area contributed by atoms with Gasteiger partial charge < -0.3 is 10.6 Å². The van der Waals surface area contributed by atoms with Crippen LogP contribution in [-0.4, -0.2) is 29.4 Å². The second-order valence-corrected chi connectivity index (χ2v) is 7.21. The van der Waals surface area contributed by atoms with Crippen LogP contribution in [0, 0.1) is 11.3 Å². The zero-order chi connectivity index (χ0) is 14.8. The highest BCUT2D eigenvalue weighted by molar-refractivity contribution is 5.80. The third-order valence-electron chi connectivity index (χ3n) is 5.55. The van der Waals surface area contributed by atoms with Gasteiger partial charge in [-0.25, -0.2) is 0 Å². The molecule has 1 aliphatic heterocycles. The van der Waals surface area contributed by atoms with Crippen molar-refractivity contribution in [3.8, 4) is 0 Å². The minimum absolute atomic E-state index is 0.189. The van der Waals surface area contributed by atoms with Crippen LogP contribution in [0.1, 0.15) is 72.1 Å². The average molecular weight is 280 g/mol. The lowest BCUT2D eigenvalue weighted by Gasteiger charge is -2.53. The van der Waals surface area contributed by atoms with Crippen LogP contribution in [-0.2, 0) is 4.79 Å². The van der Waals surface area contributed by atoms with Gasteiger partial charge in [0.2, 0.25) is 5.91 Å². The molecular weight excluding hydrogens is 248 g/mol. The van der Waals surface area contributed by atoms with Crippen LogP contribution in [0.15, 0.2) is 0 Å². The Bertz CT molecular complexity index is 342. The summed E-state index contributed by atoms with van der Waals surface area (Å²) in [6.07, 6.45) is 9.35. The maximum atomic E-state index is 12.9. The van der Waals surface area contributed by atoms with Crippen molar-refractivity contribution < 1.29 is 4.79 Å². The Morgan fingerprint density at radius 2 is 2.10 bits per heavy atom. The maximum Gasteiger partial charge on any atom is 0.226 e. The third-order valence-corrected chi connectivity index (χ3v) is 5.55. The lowest BCUT2D eigenvalue weighted by atomic mass is 9.65. The molecule has 3 heteroatoms. The first-order chi connectivity index (χ1) is 9.55. The number of hydrogen-bond donors (Lipinski definition) is 1. The number of nitrogens with zero attached hydrogens (tertiary/aromatic N) is 1. The smallest absolute Gasteiger partial charge is 0.226 e. The Balaban J connectivity index is 2.35. The highest BCUT2D eigenvalue weighted by Crippen LogP contribution is 2.47. The van der Waals surface area contributed by atoms with E-state index in [0.717, 1.165) is 32.2 Å². The summed E-state index contributed by atoms with van der Waals surface area (Å²) in [6, 6.07) is 0.687. The van der Waals surface area contributed by atoms with E-state index in [2.05, 4.69) is 25.7 Å². The van der Waals surface area contributed by atoms with Gasteiger partial charge in [0.25, 0.3) is 0 Å². The molecule has 3 nitrogen and oxygen atoms in total. The predicted octanol–water partition coefficient (Wildman–Crippen LogP) is 3.32. The number of carbonyl (C=O) groups excluding carboxylic acids is 1. The lowest BCUT2D eigenvalue weighted by molar-refractivity contribution is -0.154. The Labute approximate surface area is 124 Å².